The summed E-state index contributed by atoms with van der Waals surface area (Å²) in [6.45, 7) is 2.10. The molecule has 0 spiro atoms. The average molecular weight is 431 g/mol. The van der Waals surface area contributed by atoms with Crippen molar-refractivity contribution in [3.05, 3.63) is 47.0 Å². The summed E-state index contributed by atoms with van der Waals surface area (Å²) in [5, 5.41) is 22.8. The highest BCUT2D eigenvalue weighted by atomic mass is 35.5. The highest BCUT2D eigenvalue weighted by Gasteiger charge is 2.27. The molecule has 150 valence electrons. The van der Waals surface area contributed by atoms with Crippen LogP contribution in [-0.2, 0) is 0 Å². The van der Waals surface area contributed by atoms with Crippen molar-refractivity contribution in [2.24, 2.45) is 0 Å². The monoisotopic (exact) mass is 430 g/mol. The number of phenolic OH excluding ortho intramolecular Hbond substituents is 1. The third-order valence-electron chi connectivity index (χ3n) is 4.34. The molecule has 3 aromatic rings. The molecule has 0 saturated carbocycles. The molecule has 1 atom stereocenters. The molecule has 29 heavy (non-hydrogen) atoms. The summed E-state index contributed by atoms with van der Waals surface area (Å²) in [4.78, 5) is 4.58. The predicted octanol–water partition coefficient (Wildman–Crippen LogP) is 4.91. The molecule has 0 radical (unpaired) electrons. The second-order valence-corrected chi connectivity index (χ2v) is 7.81. The average Bonchev–Trinajstić information content (AvgIpc) is 2.90. The quantitative estimate of drug-likeness (QED) is 0.552. The summed E-state index contributed by atoms with van der Waals surface area (Å²) in [6, 6.07) is 11.0. The zero-order valence-electron chi connectivity index (χ0n) is 15.8. The first-order chi connectivity index (χ1) is 14.1. The number of aromatic nitrogens is 3. The Balaban J connectivity index is 1.81. The first kappa shape index (κ1) is 19.6. The van der Waals surface area contributed by atoms with E-state index < -0.39 is 6.23 Å². The van der Waals surface area contributed by atoms with Gasteiger partial charge in [0, 0.05) is 22.6 Å². The van der Waals surface area contributed by atoms with Crippen LogP contribution in [0, 0.1) is 0 Å². The van der Waals surface area contributed by atoms with Gasteiger partial charge in [-0.3, -0.25) is 0 Å². The second-order valence-electron chi connectivity index (χ2n) is 6.34. The number of benzene rings is 2. The molecule has 1 aliphatic heterocycles. The van der Waals surface area contributed by atoms with Crippen molar-refractivity contribution >= 4 is 29.1 Å². The number of hydrogen-bond acceptors (Lipinski definition) is 8. The highest BCUT2D eigenvalue weighted by Crippen LogP contribution is 2.42. The third kappa shape index (κ3) is 3.90. The first-order valence-corrected chi connectivity index (χ1v) is 10.4. The van der Waals surface area contributed by atoms with E-state index >= 15 is 0 Å². The molecule has 0 aliphatic carbocycles. The van der Waals surface area contributed by atoms with Gasteiger partial charge in [-0.2, -0.15) is 4.98 Å². The Morgan fingerprint density at radius 3 is 2.90 bits per heavy atom. The van der Waals surface area contributed by atoms with Crippen molar-refractivity contribution in [1.29, 1.82) is 0 Å². The predicted molar refractivity (Wildman–Crippen MR) is 113 cm³/mol. The SMILES string of the molecule is CCCSc1nnc2c(n1)O[C@H](c1cc(Cl)c(O)c(OC)c1)Nc1ccccc1-2. The van der Waals surface area contributed by atoms with Crippen molar-refractivity contribution in [3.63, 3.8) is 0 Å². The van der Waals surface area contributed by atoms with Gasteiger partial charge in [0.25, 0.3) is 0 Å². The van der Waals surface area contributed by atoms with Gasteiger partial charge in [0.1, 0.15) is 0 Å². The third-order valence-corrected chi connectivity index (χ3v) is 5.67. The number of nitrogens with zero attached hydrogens (tertiary/aromatic N) is 3. The number of halogens is 1. The molecule has 7 nitrogen and oxygen atoms in total. The lowest BCUT2D eigenvalue weighted by Crippen LogP contribution is -2.17. The summed E-state index contributed by atoms with van der Waals surface area (Å²) >= 11 is 7.72. The van der Waals surface area contributed by atoms with E-state index in [2.05, 4.69) is 27.4 Å². The number of thioether (sulfide) groups is 1. The van der Waals surface area contributed by atoms with E-state index in [0.717, 1.165) is 23.4 Å². The molecule has 4 rings (SSSR count). The minimum Gasteiger partial charge on any atom is -0.503 e. The van der Waals surface area contributed by atoms with E-state index in [1.165, 1.54) is 18.9 Å². The minimum atomic E-state index is -0.620. The summed E-state index contributed by atoms with van der Waals surface area (Å²) < 4.78 is 11.4. The maximum Gasteiger partial charge on any atom is 0.247 e. The summed E-state index contributed by atoms with van der Waals surface area (Å²) in [5.74, 6) is 1.42. The van der Waals surface area contributed by atoms with Gasteiger partial charge >= 0.3 is 0 Å². The maximum atomic E-state index is 10.1. The number of para-hydroxylation sites is 1. The maximum absolute atomic E-state index is 10.1. The Kier molecular flexibility index (Phi) is 5.64. The largest absolute Gasteiger partial charge is 0.503 e. The van der Waals surface area contributed by atoms with Gasteiger partial charge in [-0.15, -0.1) is 10.2 Å². The lowest BCUT2D eigenvalue weighted by molar-refractivity contribution is 0.224. The van der Waals surface area contributed by atoms with Crippen LogP contribution >= 0.6 is 23.4 Å². The smallest absolute Gasteiger partial charge is 0.247 e. The van der Waals surface area contributed by atoms with Crippen LogP contribution in [0.5, 0.6) is 17.4 Å². The molecule has 0 fully saturated rings. The Hall–Kier alpha value is -2.71. The number of rotatable bonds is 5. The van der Waals surface area contributed by atoms with Gasteiger partial charge in [-0.1, -0.05) is 48.5 Å². The van der Waals surface area contributed by atoms with Gasteiger partial charge in [-0.25, -0.2) is 0 Å². The van der Waals surface area contributed by atoms with Crippen LogP contribution in [0.3, 0.4) is 0 Å². The molecule has 1 aliphatic rings. The molecule has 1 aromatic heterocycles. The number of hydrogen-bond donors (Lipinski definition) is 2. The molecule has 9 heteroatoms. The minimum absolute atomic E-state index is 0.116. The Morgan fingerprint density at radius 1 is 1.28 bits per heavy atom. The van der Waals surface area contributed by atoms with E-state index in [9.17, 15) is 5.11 Å². The van der Waals surface area contributed by atoms with E-state index in [1.807, 2.05) is 24.3 Å². The fourth-order valence-electron chi connectivity index (χ4n) is 2.95. The molecule has 0 bridgehead atoms. The van der Waals surface area contributed by atoms with E-state index in [1.54, 1.807) is 12.1 Å². The normalized spacial score (nSPS) is 14.8. The van der Waals surface area contributed by atoms with E-state index in [-0.39, 0.29) is 16.5 Å². The molecule has 0 unspecified atom stereocenters. The molecule has 0 amide bonds. The van der Waals surface area contributed by atoms with Crippen molar-refractivity contribution in [3.8, 4) is 28.6 Å². The van der Waals surface area contributed by atoms with Gasteiger partial charge in [0.05, 0.1) is 12.1 Å². The van der Waals surface area contributed by atoms with Crippen LogP contribution in [0.2, 0.25) is 5.02 Å². The van der Waals surface area contributed by atoms with Crippen molar-refractivity contribution in [2.45, 2.75) is 24.7 Å². The zero-order chi connectivity index (χ0) is 20.4. The van der Waals surface area contributed by atoms with Gasteiger partial charge < -0.3 is 19.9 Å². The van der Waals surface area contributed by atoms with Gasteiger partial charge in [0.2, 0.25) is 11.0 Å². The summed E-state index contributed by atoms with van der Waals surface area (Å²) in [7, 11) is 1.47. The topological polar surface area (TPSA) is 89.4 Å². The van der Waals surface area contributed by atoms with Crippen LogP contribution in [0.25, 0.3) is 11.3 Å². The Morgan fingerprint density at radius 2 is 2.10 bits per heavy atom. The first-order valence-electron chi connectivity index (χ1n) is 9.07. The zero-order valence-corrected chi connectivity index (χ0v) is 17.4. The van der Waals surface area contributed by atoms with Crippen LogP contribution in [0.4, 0.5) is 5.69 Å². The van der Waals surface area contributed by atoms with Crippen molar-refractivity contribution in [2.75, 3.05) is 18.2 Å². The number of methoxy groups -OCH3 is 1. The summed E-state index contributed by atoms with van der Waals surface area (Å²) in [5.41, 5.74) is 2.90. The molecular formula is C20H19ClN4O3S. The fraction of sp³-hybridized carbons (Fsp3) is 0.250. The number of ether oxygens (including phenoxy) is 2. The highest BCUT2D eigenvalue weighted by molar-refractivity contribution is 7.99. The van der Waals surface area contributed by atoms with Crippen LogP contribution < -0.4 is 14.8 Å². The van der Waals surface area contributed by atoms with Crippen LogP contribution in [-0.4, -0.2) is 33.2 Å². The molecule has 2 aromatic carbocycles. The second kappa shape index (κ2) is 8.34. The van der Waals surface area contributed by atoms with E-state index in [0.29, 0.717) is 22.3 Å². The number of aromatic hydroxyl groups is 1. The lowest BCUT2D eigenvalue weighted by atomic mass is 10.1. The van der Waals surface area contributed by atoms with Crippen molar-refractivity contribution < 1.29 is 14.6 Å². The number of nitrogens with one attached hydrogen (secondary N) is 1. The van der Waals surface area contributed by atoms with E-state index in [4.69, 9.17) is 21.1 Å². The molecule has 2 heterocycles. The van der Waals surface area contributed by atoms with Crippen molar-refractivity contribution in [1.82, 2.24) is 15.2 Å². The standard InChI is InChI=1S/C20H19ClN4O3S/c1-3-8-29-20-23-19-16(24-25-20)12-6-4-5-7-14(12)22-18(28-19)11-9-13(21)17(26)15(10-11)27-2/h4-7,9-10,18,22,26H,3,8H2,1-2H3/t18-/m1/s1. The molecule has 2 N–H and O–H groups in total. The van der Waals surface area contributed by atoms with Crippen LogP contribution in [0.15, 0.2) is 41.6 Å². The van der Waals surface area contributed by atoms with Crippen LogP contribution in [0.1, 0.15) is 25.1 Å². The lowest BCUT2D eigenvalue weighted by Gasteiger charge is -2.20. The summed E-state index contributed by atoms with van der Waals surface area (Å²) in [6.07, 6.45) is 0.384. The van der Waals surface area contributed by atoms with Gasteiger partial charge in [-0.05, 0) is 24.6 Å². The van der Waals surface area contributed by atoms with Gasteiger partial charge in [0.15, 0.2) is 23.4 Å². The fourth-order valence-corrected chi connectivity index (χ4v) is 3.81. The molecular weight excluding hydrogens is 412 g/mol. The number of fused-ring (bicyclic) bond motifs is 3. The Labute approximate surface area is 177 Å². The number of anilines is 1. The number of phenols is 1. The Bertz CT molecular complexity index is 1050. The molecule has 0 saturated heterocycles.